The third kappa shape index (κ3) is 5.59. The van der Waals surface area contributed by atoms with E-state index in [1.165, 1.54) is 33.5 Å². The van der Waals surface area contributed by atoms with Gasteiger partial charge >= 0.3 is 0 Å². The molecule has 0 N–H and O–H groups in total. The Morgan fingerprint density at radius 3 is 2.00 bits per heavy atom. The topological polar surface area (TPSA) is 33.5 Å². The van der Waals surface area contributed by atoms with Crippen molar-refractivity contribution in [2.24, 2.45) is 0 Å². The Morgan fingerprint density at radius 1 is 0.773 bits per heavy atom. The van der Waals surface area contributed by atoms with Crippen molar-refractivity contribution in [3.8, 4) is 28.3 Å². The summed E-state index contributed by atoms with van der Waals surface area (Å²) >= 11 is 0. The van der Waals surface area contributed by atoms with Crippen molar-refractivity contribution in [1.82, 2.24) is 14.8 Å². The molecule has 0 atom stereocenters. The van der Waals surface area contributed by atoms with Crippen LogP contribution in [0, 0.1) is 13.8 Å². The van der Waals surface area contributed by atoms with Gasteiger partial charge in [-0.15, -0.1) is 0 Å². The SMILES string of the molecule is Cc1nn(-c2cc(Oc3cc(N4C=C5CC=CC=C5N4C)cc(C(C)(C)C)c3)cc(C(C)(C)C)c2)c(C)c1-c1ccccc1. The highest BCUT2D eigenvalue weighted by atomic mass is 16.5. The smallest absolute Gasteiger partial charge is 0.129 e. The van der Waals surface area contributed by atoms with Crippen molar-refractivity contribution in [3.05, 3.63) is 125 Å². The molecular formula is C39H44N4O. The summed E-state index contributed by atoms with van der Waals surface area (Å²) in [6.45, 7) is 17.7. The number of likely N-dealkylation sites (N-methyl/N-ethyl adjacent to an activating group) is 1. The summed E-state index contributed by atoms with van der Waals surface area (Å²) < 4.78 is 8.86. The molecule has 0 amide bonds. The summed E-state index contributed by atoms with van der Waals surface area (Å²) in [5.74, 6) is 1.61. The average Bonchev–Trinajstić information content (AvgIpc) is 3.47. The number of aryl methyl sites for hydroxylation is 1. The first-order chi connectivity index (χ1) is 20.8. The Labute approximate surface area is 262 Å². The van der Waals surface area contributed by atoms with E-state index in [4.69, 9.17) is 9.84 Å². The molecule has 1 aliphatic heterocycles. The Hall–Kier alpha value is -4.51. The summed E-state index contributed by atoms with van der Waals surface area (Å²) in [6, 6.07) is 23.6. The van der Waals surface area contributed by atoms with Gasteiger partial charge in [0.2, 0.25) is 0 Å². The molecule has 4 aromatic rings. The van der Waals surface area contributed by atoms with Gasteiger partial charge in [-0.1, -0.05) is 84.0 Å². The molecule has 44 heavy (non-hydrogen) atoms. The number of nitrogens with zero attached hydrogens (tertiary/aromatic N) is 4. The molecular weight excluding hydrogens is 540 g/mol. The van der Waals surface area contributed by atoms with Crippen LogP contribution >= 0.6 is 0 Å². The molecule has 0 unspecified atom stereocenters. The standard InChI is InChI=1S/C39H44N4O/c1-26-37(28-15-11-10-12-16-28)27(2)43(40-26)33-20-31(39(6,7)8)22-35(24-33)44-34-21-30(38(3,4)5)19-32(23-34)42-25-29-17-13-14-18-36(29)41(42)9/h10-16,18-25H,17H2,1-9H3. The van der Waals surface area contributed by atoms with Gasteiger partial charge in [-0.3, -0.25) is 10.0 Å². The molecule has 0 bridgehead atoms. The number of hydrazine groups is 1. The number of aromatic nitrogens is 2. The molecule has 2 aliphatic rings. The molecule has 2 heterocycles. The highest BCUT2D eigenvalue weighted by molar-refractivity contribution is 5.69. The van der Waals surface area contributed by atoms with Crippen LogP contribution in [-0.4, -0.2) is 21.8 Å². The minimum Gasteiger partial charge on any atom is -0.457 e. The zero-order chi connectivity index (χ0) is 31.4. The average molecular weight is 585 g/mol. The molecule has 3 aromatic carbocycles. The van der Waals surface area contributed by atoms with E-state index in [2.05, 4.69) is 168 Å². The Bertz CT molecular complexity index is 1810. The van der Waals surface area contributed by atoms with Crippen LogP contribution in [-0.2, 0) is 10.8 Å². The minimum atomic E-state index is -0.0760. The van der Waals surface area contributed by atoms with Gasteiger partial charge in [-0.2, -0.15) is 5.10 Å². The summed E-state index contributed by atoms with van der Waals surface area (Å²) in [7, 11) is 2.12. The van der Waals surface area contributed by atoms with Gasteiger partial charge < -0.3 is 4.74 Å². The maximum Gasteiger partial charge on any atom is 0.129 e. The molecule has 0 spiro atoms. The lowest BCUT2D eigenvalue weighted by Crippen LogP contribution is -2.30. The summed E-state index contributed by atoms with van der Waals surface area (Å²) in [4.78, 5) is 0. The number of fused-ring (bicyclic) bond motifs is 1. The third-order valence-corrected chi connectivity index (χ3v) is 8.62. The Balaban J connectivity index is 1.43. The second-order valence-corrected chi connectivity index (χ2v) is 14.1. The predicted octanol–water partition coefficient (Wildman–Crippen LogP) is 9.94. The number of allylic oxidation sites excluding steroid dienone is 4. The highest BCUT2D eigenvalue weighted by Gasteiger charge is 2.27. The quantitative estimate of drug-likeness (QED) is 0.234. The highest BCUT2D eigenvalue weighted by Crippen LogP contribution is 2.40. The van der Waals surface area contributed by atoms with Crippen LogP contribution in [0.25, 0.3) is 16.8 Å². The number of hydrogen-bond donors (Lipinski definition) is 0. The van der Waals surface area contributed by atoms with Crippen molar-refractivity contribution >= 4 is 5.69 Å². The van der Waals surface area contributed by atoms with E-state index in [1.807, 2.05) is 0 Å². The van der Waals surface area contributed by atoms with Gasteiger partial charge in [-0.05, 0) is 83.7 Å². The first-order valence-electron chi connectivity index (χ1n) is 15.5. The maximum atomic E-state index is 6.79. The van der Waals surface area contributed by atoms with Crippen molar-refractivity contribution in [1.29, 1.82) is 0 Å². The van der Waals surface area contributed by atoms with Crippen molar-refractivity contribution < 1.29 is 4.74 Å². The van der Waals surface area contributed by atoms with Gasteiger partial charge in [0, 0.05) is 36.6 Å². The van der Waals surface area contributed by atoms with E-state index in [1.54, 1.807) is 0 Å². The zero-order valence-corrected chi connectivity index (χ0v) is 27.6. The number of hydrogen-bond acceptors (Lipinski definition) is 4. The third-order valence-electron chi connectivity index (χ3n) is 8.62. The van der Waals surface area contributed by atoms with E-state index < -0.39 is 0 Å². The summed E-state index contributed by atoms with van der Waals surface area (Å²) in [6.07, 6.45) is 9.71. The number of benzene rings is 3. The molecule has 0 saturated carbocycles. The molecule has 0 radical (unpaired) electrons. The van der Waals surface area contributed by atoms with Gasteiger partial charge in [-0.25, -0.2) is 4.68 Å². The number of rotatable bonds is 5. The maximum absolute atomic E-state index is 6.79. The second kappa shape index (κ2) is 10.9. The van der Waals surface area contributed by atoms with Crippen LogP contribution in [0.3, 0.4) is 0 Å². The lowest BCUT2D eigenvalue weighted by Gasteiger charge is -2.30. The van der Waals surface area contributed by atoms with Crippen LogP contribution in [0.15, 0.2) is 102 Å². The van der Waals surface area contributed by atoms with Gasteiger partial charge in [0.15, 0.2) is 0 Å². The number of anilines is 1. The molecule has 5 heteroatoms. The normalized spacial score (nSPS) is 14.9. The van der Waals surface area contributed by atoms with E-state index >= 15 is 0 Å². The van der Waals surface area contributed by atoms with E-state index in [0.717, 1.165) is 40.7 Å². The molecule has 0 saturated heterocycles. The van der Waals surface area contributed by atoms with E-state index in [-0.39, 0.29) is 10.8 Å². The number of ether oxygens (including phenoxy) is 1. The predicted molar refractivity (Wildman–Crippen MR) is 183 cm³/mol. The van der Waals surface area contributed by atoms with Gasteiger partial charge in [0.1, 0.15) is 11.5 Å². The van der Waals surface area contributed by atoms with Crippen LogP contribution in [0.4, 0.5) is 5.69 Å². The summed E-state index contributed by atoms with van der Waals surface area (Å²) in [5, 5.41) is 9.47. The lowest BCUT2D eigenvalue weighted by molar-refractivity contribution is 0.447. The minimum absolute atomic E-state index is 0.0525. The Kier molecular flexibility index (Phi) is 7.31. The largest absolute Gasteiger partial charge is 0.457 e. The van der Waals surface area contributed by atoms with Crippen molar-refractivity contribution in [2.75, 3.05) is 12.1 Å². The summed E-state index contributed by atoms with van der Waals surface area (Å²) in [5.41, 5.74) is 11.4. The van der Waals surface area contributed by atoms with Crippen LogP contribution in [0.2, 0.25) is 0 Å². The fraction of sp³-hybridized carbons (Fsp3) is 0.308. The first-order valence-corrected chi connectivity index (χ1v) is 15.5. The molecule has 0 fully saturated rings. The van der Waals surface area contributed by atoms with E-state index in [0.29, 0.717) is 0 Å². The molecule has 226 valence electrons. The molecule has 6 rings (SSSR count). The van der Waals surface area contributed by atoms with Crippen LogP contribution in [0.5, 0.6) is 11.5 Å². The monoisotopic (exact) mass is 584 g/mol. The van der Waals surface area contributed by atoms with Gasteiger partial charge in [0.05, 0.1) is 22.8 Å². The van der Waals surface area contributed by atoms with Crippen molar-refractivity contribution in [2.45, 2.75) is 72.6 Å². The fourth-order valence-corrected chi connectivity index (χ4v) is 6.06. The van der Waals surface area contributed by atoms with Gasteiger partial charge in [0.25, 0.3) is 0 Å². The fourth-order valence-electron chi connectivity index (χ4n) is 6.06. The first kappa shape index (κ1) is 29.6. The van der Waals surface area contributed by atoms with Crippen LogP contribution < -0.4 is 9.75 Å². The molecule has 1 aromatic heterocycles. The Morgan fingerprint density at radius 2 is 1.39 bits per heavy atom. The zero-order valence-electron chi connectivity index (χ0n) is 27.6. The molecule has 5 nitrogen and oxygen atoms in total. The second-order valence-electron chi connectivity index (χ2n) is 14.1. The van der Waals surface area contributed by atoms with Crippen LogP contribution in [0.1, 0.15) is 70.5 Å². The lowest BCUT2D eigenvalue weighted by atomic mass is 9.86. The van der Waals surface area contributed by atoms with E-state index in [9.17, 15) is 0 Å². The molecule has 1 aliphatic carbocycles. The van der Waals surface area contributed by atoms with Crippen molar-refractivity contribution in [3.63, 3.8) is 0 Å².